The lowest BCUT2D eigenvalue weighted by molar-refractivity contribution is 0.295. The maximum Gasteiger partial charge on any atom is 0.146 e. The van der Waals surface area contributed by atoms with Gasteiger partial charge in [-0.15, -0.1) is 0 Å². The van der Waals surface area contributed by atoms with Crippen LogP contribution in [0.1, 0.15) is 5.56 Å². The summed E-state index contributed by atoms with van der Waals surface area (Å²) >= 11 is 2.64. The lowest BCUT2D eigenvalue weighted by Gasteiger charge is -2.05. The smallest absolute Gasteiger partial charge is 0.146 e. The van der Waals surface area contributed by atoms with Crippen molar-refractivity contribution in [1.82, 2.24) is 0 Å². The summed E-state index contributed by atoms with van der Waals surface area (Å²) in [4.78, 5) is 0. The second-order valence-corrected chi connectivity index (χ2v) is 3.21. The predicted octanol–water partition coefficient (Wildman–Crippen LogP) is 2.40. The van der Waals surface area contributed by atoms with Gasteiger partial charge in [-0.3, -0.25) is 0 Å². The highest BCUT2D eigenvalue weighted by Crippen LogP contribution is 2.25. The van der Waals surface area contributed by atoms with Crippen LogP contribution in [0.5, 0.6) is 0 Å². The quantitative estimate of drug-likeness (QED) is 0.635. The molecule has 5 heteroatoms. The normalized spacial score (nSPS) is 10.5. The van der Waals surface area contributed by atoms with E-state index in [2.05, 4.69) is 15.9 Å². The fourth-order valence-electron chi connectivity index (χ4n) is 0.945. The molecule has 0 aliphatic carbocycles. The number of hydrogen-bond acceptors (Lipinski definition) is 1. The van der Waals surface area contributed by atoms with E-state index in [0.29, 0.717) is 6.07 Å². The number of aliphatic hydroxyl groups is 1. The molecule has 1 N–H and O–H groups in total. The first-order chi connectivity index (χ1) is 6.07. The van der Waals surface area contributed by atoms with Crippen molar-refractivity contribution >= 4 is 15.9 Å². The SMILES string of the molecule is OCCc1c(F)cc(F)c(Br)c1F. The van der Waals surface area contributed by atoms with Crippen LogP contribution in [-0.2, 0) is 6.42 Å². The van der Waals surface area contributed by atoms with Gasteiger partial charge in [-0.25, -0.2) is 13.2 Å². The van der Waals surface area contributed by atoms with Gasteiger partial charge in [0.05, 0.1) is 4.47 Å². The van der Waals surface area contributed by atoms with Crippen molar-refractivity contribution in [2.24, 2.45) is 0 Å². The molecule has 0 aromatic heterocycles. The highest BCUT2D eigenvalue weighted by atomic mass is 79.9. The molecule has 0 atom stereocenters. The van der Waals surface area contributed by atoms with Gasteiger partial charge in [-0.05, 0) is 15.9 Å². The molecule has 0 bridgehead atoms. The molecule has 1 rings (SSSR count). The summed E-state index contributed by atoms with van der Waals surface area (Å²) in [7, 11) is 0. The zero-order valence-electron chi connectivity index (χ0n) is 6.45. The minimum atomic E-state index is -0.994. The molecule has 0 spiro atoms. The third-order valence-corrected chi connectivity index (χ3v) is 2.30. The maximum atomic E-state index is 13.1. The molecule has 1 nitrogen and oxygen atoms in total. The molecule has 0 saturated carbocycles. The Morgan fingerprint density at radius 1 is 1.23 bits per heavy atom. The number of benzene rings is 1. The first-order valence-corrected chi connectivity index (χ1v) is 4.30. The average molecular weight is 255 g/mol. The van der Waals surface area contributed by atoms with Crippen LogP contribution in [0.3, 0.4) is 0 Å². The molecule has 0 saturated heterocycles. The summed E-state index contributed by atoms with van der Waals surface area (Å²) in [6, 6.07) is 0.582. The topological polar surface area (TPSA) is 20.2 Å². The van der Waals surface area contributed by atoms with Gasteiger partial charge in [0.2, 0.25) is 0 Å². The highest BCUT2D eigenvalue weighted by molar-refractivity contribution is 9.10. The van der Waals surface area contributed by atoms with Crippen LogP contribution in [0.25, 0.3) is 0 Å². The summed E-state index contributed by atoms with van der Waals surface area (Å²) < 4.78 is 38.2. The molecule has 1 aromatic rings. The lowest BCUT2D eigenvalue weighted by Crippen LogP contribution is -2.01. The number of hydrogen-bond donors (Lipinski definition) is 1. The zero-order chi connectivity index (χ0) is 10.0. The molecule has 0 fully saturated rings. The molecule has 0 amide bonds. The standard InChI is InChI=1S/C8H6BrF3O/c9-7-6(11)3-5(10)4(1-2-13)8(7)12/h3,13H,1-2H2. The van der Waals surface area contributed by atoms with E-state index in [1.807, 2.05) is 0 Å². The van der Waals surface area contributed by atoms with Crippen LogP contribution < -0.4 is 0 Å². The number of halogens is 4. The Morgan fingerprint density at radius 3 is 2.38 bits per heavy atom. The van der Waals surface area contributed by atoms with Gasteiger partial charge in [0.25, 0.3) is 0 Å². The van der Waals surface area contributed by atoms with Crippen LogP contribution in [-0.4, -0.2) is 11.7 Å². The number of aliphatic hydroxyl groups excluding tert-OH is 1. The molecule has 72 valence electrons. The molecular formula is C8H6BrF3O. The minimum absolute atomic E-state index is 0.170. The van der Waals surface area contributed by atoms with Crippen molar-refractivity contribution in [2.75, 3.05) is 6.61 Å². The van der Waals surface area contributed by atoms with E-state index >= 15 is 0 Å². The van der Waals surface area contributed by atoms with Gasteiger partial charge in [0, 0.05) is 24.7 Å². The fraction of sp³-hybridized carbons (Fsp3) is 0.250. The van der Waals surface area contributed by atoms with Crippen LogP contribution >= 0.6 is 15.9 Å². The van der Waals surface area contributed by atoms with E-state index in [9.17, 15) is 13.2 Å². The van der Waals surface area contributed by atoms with Crippen molar-refractivity contribution in [3.8, 4) is 0 Å². The van der Waals surface area contributed by atoms with Gasteiger partial charge < -0.3 is 5.11 Å². The molecule has 0 unspecified atom stereocenters. The Balaban J connectivity index is 3.26. The van der Waals surface area contributed by atoms with Crippen molar-refractivity contribution in [1.29, 1.82) is 0 Å². The lowest BCUT2D eigenvalue weighted by atomic mass is 10.1. The van der Waals surface area contributed by atoms with E-state index in [0.717, 1.165) is 0 Å². The van der Waals surface area contributed by atoms with Crippen LogP contribution in [0.4, 0.5) is 13.2 Å². The maximum absolute atomic E-state index is 13.1. The van der Waals surface area contributed by atoms with E-state index in [4.69, 9.17) is 5.11 Å². The molecule has 13 heavy (non-hydrogen) atoms. The fourth-order valence-corrected chi connectivity index (χ4v) is 1.30. The molecule has 0 aliphatic rings. The first kappa shape index (κ1) is 10.5. The Kier molecular flexibility index (Phi) is 3.33. The van der Waals surface area contributed by atoms with Crippen molar-refractivity contribution in [3.05, 3.63) is 33.6 Å². The molecule has 0 heterocycles. The number of rotatable bonds is 2. The summed E-state index contributed by atoms with van der Waals surface area (Å²) in [6.07, 6.45) is -0.170. The van der Waals surface area contributed by atoms with Crippen LogP contribution in [0, 0.1) is 17.5 Å². The second kappa shape index (κ2) is 4.11. The third-order valence-electron chi connectivity index (χ3n) is 1.57. The van der Waals surface area contributed by atoms with Crippen molar-refractivity contribution < 1.29 is 18.3 Å². The molecular weight excluding hydrogens is 249 g/mol. The van der Waals surface area contributed by atoms with Crippen molar-refractivity contribution in [2.45, 2.75) is 6.42 Å². The van der Waals surface area contributed by atoms with Gasteiger partial charge in [-0.1, -0.05) is 0 Å². The van der Waals surface area contributed by atoms with E-state index in [1.165, 1.54) is 0 Å². The minimum Gasteiger partial charge on any atom is -0.396 e. The Bertz CT molecular complexity index is 328. The predicted molar refractivity (Wildman–Crippen MR) is 44.8 cm³/mol. The van der Waals surface area contributed by atoms with Gasteiger partial charge in [0.1, 0.15) is 17.5 Å². The van der Waals surface area contributed by atoms with E-state index in [-0.39, 0.29) is 18.6 Å². The van der Waals surface area contributed by atoms with Crippen molar-refractivity contribution in [3.63, 3.8) is 0 Å². The molecule has 1 aromatic carbocycles. The monoisotopic (exact) mass is 254 g/mol. The summed E-state index contributed by atoms with van der Waals surface area (Å²) in [5.41, 5.74) is -0.309. The third kappa shape index (κ3) is 2.03. The Hall–Kier alpha value is -0.550. The van der Waals surface area contributed by atoms with Gasteiger partial charge >= 0.3 is 0 Å². The largest absolute Gasteiger partial charge is 0.396 e. The van der Waals surface area contributed by atoms with Crippen LogP contribution in [0.15, 0.2) is 10.5 Å². The van der Waals surface area contributed by atoms with Gasteiger partial charge in [-0.2, -0.15) is 0 Å². The highest BCUT2D eigenvalue weighted by Gasteiger charge is 2.16. The summed E-state index contributed by atoms with van der Waals surface area (Å²) in [6.45, 7) is -0.383. The van der Waals surface area contributed by atoms with Crippen LogP contribution in [0.2, 0.25) is 0 Å². The van der Waals surface area contributed by atoms with E-state index < -0.39 is 21.9 Å². The Morgan fingerprint density at radius 2 is 1.85 bits per heavy atom. The molecule has 0 aliphatic heterocycles. The second-order valence-electron chi connectivity index (χ2n) is 2.42. The summed E-state index contributed by atoms with van der Waals surface area (Å²) in [5, 5.41) is 8.49. The first-order valence-electron chi connectivity index (χ1n) is 3.50. The zero-order valence-corrected chi connectivity index (χ0v) is 8.04. The summed E-state index contributed by atoms with van der Waals surface area (Å²) in [5.74, 6) is -2.96. The van der Waals surface area contributed by atoms with Gasteiger partial charge in [0.15, 0.2) is 0 Å². The average Bonchev–Trinajstić information content (AvgIpc) is 2.09. The van der Waals surface area contributed by atoms with E-state index in [1.54, 1.807) is 0 Å². The molecule has 0 radical (unpaired) electrons. The Labute approximate surface area is 81.3 Å².